The van der Waals surface area contributed by atoms with Crippen molar-refractivity contribution in [1.29, 1.82) is 0 Å². The summed E-state index contributed by atoms with van der Waals surface area (Å²) in [5, 5.41) is 0. The van der Waals surface area contributed by atoms with Gasteiger partial charge < -0.3 is 4.90 Å². The standard InChI is InChI=1S/C23H30N2O2S/c26-28(27,23-13-11-22(12-14-23)21-9-5-2-6-10-21)25-17-15-24(16-18-25)19-20-7-3-1-4-8-20/h1,3-4,7-8,11-14,21H,2,5-6,9-10,15-19H2/p+1. The van der Waals surface area contributed by atoms with E-state index < -0.39 is 10.0 Å². The van der Waals surface area contributed by atoms with Gasteiger partial charge in [0.25, 0.3) is 0 Å². The van der Waals surface area contributed by atoms with E-state index in [1.165, 1.54) is 48.1 Å². The fourth-order valence-corrected chi connectivity index (χ4v) is 6.04. The molecule has 1 aliphatic carbocycles. The Labute approximate surface area is 169 Å². The molecule has 1 heterocycles. The number of nitrogens with one attached hydrogen (secondary N) is 1. The second kappa shape index (κ2) is 8.76. The van der Waals surface area contributed by atoms with Crippen LogP contribution in [0.2, 0.25) is 0 Å². The van der Waals surface area contributed by atoms with Gasteiger partial charge >= 0.3 is 0 Å². The number of piperazine rings is 1. The first-order chi connectivity index (χ1) is 13.6. The Hall–Kier alpha value is -1.69. The number of hydrogen-bond acceptors (Lipinski definition) is 2. The molecule has 1 saturated carbocycles. The van der Waals surface area contributed by atoms with Crippen molar-refractivity contribution < 1.29 is 13.3 Å². The Morgan fingerprint density at radius 1 is 0.857 bits per heavy atom. The van der Waals surface area contributed by atoms with Crippen molar-refractivity contribution in [2.24, 2.45) is 0 Å². The summed E-state index contributed by atoms with van der Waals surface area (Å²) in [6, 6.07) is 18.2. The molecule has 0 unspecified atom stereocenters. The van der Waals surface area contributed by atoms with E-state index in [0.29, 0.717) is 23.9 Å². The second-order valence-corrected chi connectivity index (χ2v) is 10.2. The molecule has 4 nitrogen and oxygen atoms in total. The third-order valence-electron chi connectivity index (χ3n) is 6.32. The first kappa shape index (κ1) is 19.6. The van der Waals surface area contributed by atoms with Crippen molar-refractivity contribution in [2.45, 2.75) is 49.5 Å². The van der Waals surface area contributed by atoms with Crippen molar-refractivity contribution in [1.82, 2.24) is 4.31 Å². The maximum Gasteiger partial charge on any atom is 0.243 e. The summed E-state index contributed by atoms with van der Waals surface area (Å²) < 4.78 is 27.8. The van der Waals surface area contributed by atoms with E-state index >= 15 is 0 Å². The summed E-state index contributed by atoms with van der Waals surface area (Å²) in [6.07, 6.45) is 6.39. The highest BCUT2D eigenvalue weighted by Gasteiger charge is 2.30. The Morgan fingerprint density at radius 2 is 1.50 bits per heavy atom. The third kappa shape index (κ3) is 4.48. The first-order valence-corrected chi connectivity index (χ1v) is 12.0. The van der Waals surface area contributed by atoms with Gasteiger partial charge in [-0.25, -0.2) is 8.42 Å². The zero-order valence-corrected chi connectivity index (χ0v) is 17.3. The minimum Gasteiger partial charge on any atom is -0.329 e. The van der Waals surface area contributed by atoms with Crippen LogP contribution in [-0.2, 0) is 16.6 Å². The van der Waals surface area contributed by atoms with Crippen molar-refractivity contribution in [2.75, 3.05) is 26.2 Å². The van der Waals surface area contributed by atoms with E-state index in [0.717, 1.165) is 19.6 Å². The molecule has 0 atom stereocenters. The molecule has 1 saturated heterocycles. The zero-order chi connectivity index (χ0) is 19.4. The summed E-state index contributed by atoms with van der Waals surface area (Å²) >= 11 is 0. The molecule has 0 spiro atoms. The molecule has 0 bridgehead atoms. The van der Waals surface area contributed by atoms with Crippen LogP contribution in [0.4, 0.5) is 0 Å². The van der Waals surface area contributed by atoms with Crippen LogP contribution >= 0.6 is 0 Å². The summed E-state index contributed by atoms with van der Waals surface area (Å²) in [6.45, 7) is 3.86. The number of quaternary nitrogens is 1. The lowest BCUT2D eigenvalue weighted by atomic mass is 9.84. The van der Waals surface area contributed by atoms with Crippen LogP contribution in [0, 0.1) is 0 Å². The first-order valence-electron chi connectivity index (χ1n) is 10.6. The zero-order valence-electron chi connectivity index (χ0n) is 16.5. The minimum absolute atomic E-state index is 0.443. The van der Waals surface area contributed by atoms with Gasteiger partial charge in [0.05, 0.1) is 31.1 Å². The van der Waals surface area contributed by atoms with Crippen LogP contribution < -0.4 is 4.90 Å². The predicted molar refractivity (Wildman–Crippen MR) is 112 cm³/mol. The topological polar surface area (TPSA) is 41.8 Å². The lowest BCUT2D eigenvalue weighted by Crippen LogP contribution is -3.13. The third-order valence-corrected chi connectivity index (χ3v) is 8.23. The molecule has 2 fully saturated rings. The largest absolute Gasteiger partial charge is 0.329 e. The lowest BCUT2D eigenvalue weighted by Gasteiger charge is -2.31. The molecule has 0 aromatic heterocycles. The second-order valence-electron chi connectivity index (χ2n) is 8.22. The normalized spacial score (nSPS) is 20.3. The van der Waals surface area contributed by atoms with E-state index in [9.17, 15) is 8.42 Å². The molecule has 1 aliphatic heterocycles. The average molecular weight is 400 g/mol. The highest BCUT2D eigenvalue weighted by Crippen LogP contribution is 2.33. The van der Waals surface area contributed by atoms with Gasteiger partial charge in [-0.1, -0.05) is 61.7 Å². The monoisotopic (exact) mass is 399 g/mol. The smallest absolute Gasteiger partial charge is 0.243 e. The van der Waals surface area contributed by atoms with Crippen LogP contribution in [0.25, 0.3) is 0 Å². The maximum absolute atomic E-state index is 13.1. The quantitative estimate of drug-likeness (QED) is 0.840. The molecule has 2 aliphatic rings. The van der Waals surface area contributed by atoms with Crippen LogP contribution in [0.5, 0.6) is 0 Å². The van der Waals surface area contributed by atoms with E-state index in [1.807, 2.05) is 30.3 Å². The Kier molecular flexibility index (Phi) is 6.14. The molecule has 1 N–H and O–H groups in total. The maximum atomic E-state index is 13.1. The summed E-state index contributed by atoms with van der Waals surface area (Å²) in [4.78, 5) is 1.89. The number of benzene rings is 2. The molecule has 2 aromatic carbocycles. The van der Waals surface area contributed by atoms with Gasteiger partial charge in [-0.15, -0.1) is 0 Å². The van der Waals surface area contributed by atoms with Crippen LogP contribution in [0.3, 0.4) is 0 Å². The molecule has 150 valence electrons. The molecule has 2 aromatic rings. The Balaban J connectivity index is 1.37. The van der Waals surface area contributed by atoms with Gasteiger partial charge in [0.2, 0.25) is 10.0 Å². The highest BCUT2D eigenvalue weighted by molar-refractivity contribution is 7.89. The number of rotatable bonds is 5. The van der Waals surface area contributed by atoms with Crippen molar-refractivity contribution >= 4 is 10.0 Å². The van der Waals surface area contributed by atoms with Gasteiger partial charge in [-0.2, -0.15) is 4.31 Å². The molecule has 5 heteroatoms. The highest BCUT2D eigenvalue weighted by atomic mass is 32.2. The van der Waals surface area contributed by atoms with Crippen LogP contribution in [0.15, 0.2) is 59.5 Å². The minimum atomic E-state index is -3.39. The molecule has 0 amide bonds. The van der Waals surface area contributed by atoms with Gasteiger partial charge in [-0.05, 0) is 36.5 Å². The van der Waals surface area contributed by atoms with Crippen molar-refractivity contribution in [3.05, 3.63) is 65.7 Å². The van der Waals surface area contributed by atoms with Gasteiger partial charge in [0.1, 0.15) is 6.54 Å². The van der Waals surface area contributed by atoms with Crippen molar-refractivity contribution in [3.8, 4) is 0 Å². The Bertz CT molecular complexity index is 851. The molecular weight excluding hydrogens is 368 g/mol. The SMILES string of the molecule is O=S(=O)(c1ccc(C2CCCCC2)cc1)N1CC[NH+](Cc2ccccc2)CC1. The summed E-state index contributed by atoms with van der Waals surface area (Å²) in [5.41, 5.74) is 2.61. The Morgan fingerprint density at radius 3 is 2.14 bits per heavy atom. The van der Waals surface area contributed by atoms with Crippen molar-refractivity contribution in [3.63, 3.8) is 0 Å². The van der Waals surface area contributed by atoms with E-state index in [4.69, 9.17) is 0 Å². The fourth-order valence-electron chi connectivity index (χ4n) is 4.60. The van der Waals surface area contributed by atoms with Crippen LogP contribution in [0.1, 0.15) is 49.1 Å². The van der Waals surface area contributed by atoms with Crippen LogP contribution in [-0.4, -0.2) is 38.9 Å². The van der Waals surface area contributed by atoms with E-state index in [2.05, 4.69) is 24.3 Å². The number of hydrogen-bond donors (Lipinski definition) is 1. The van der Waals surface area contributed by atoms with Gasteiger partial charge in [0.15, 0.2) is 0 Å². The van der Waals surface area contributed by atoms with Gasteiger partial charge in [-0.3, -0.25) is 0 Å². The lowest BCUT2D eigenvalue weighted by molar-refractivity contribution is -0.917. The predicted octanol–water partition coefficient (Wildman–Crippen LogP) is 2.82. The fraction of sp³-hybridized carbons (Fsp3) is 0.478. The van der Waals surface area contributed by atoms with E-state index in [-0.39, 0.29) is 0 Å². The summed E-state index contributed by atoms with van der Waals surface area (Å²) in [5.74, 6) is 0.607. The molecule has 28 heavy (non-hydrogen) atoms. The van der Waals surface area contributed by atoms with E-state index in [1.54, 1.807) is 4.31 Å². The molecular formula is C23H31N2O2S+. The molecule has 4 rings (SSSR count). The average Bonchev–Trinajstić information content (AvgIpc) is 2.76. The van der Waals surface area contributed by atoms with Gasteiger partial charge in [0, 0.05) is 5.56 Å². The summed E-state index contributed by atoms with van der Waals surface area (Å²) in [7, 11) is -3.39. The number of nitrogens with zero attached hydrogens (tertiary/aromatic N) is 1. The number of sulfonamides is 1. The molecule has 0 radical (unpaired) electrons.